The van der Waals surface area contributed by atoms with Crippen LogP contribution in [0.15, 0.2) is 30.0 Å². The Kier molecular flexibility index (Phi) is 3.29. The van der Waals surface area contributed by atoms with Crippen molar-refractivity contribution in [2.75, 3.05) is 0 Å². The molecule has 0 bridgehead atoms. The van der Waals surface area contributed by atoms with Gasteiger partial charge in [-0.1, -0.05) is 49.1 Å². The lowest BCUT2D eigenvalue weighted by atomic mass is 9.82. The Balaban J connectivity index is 2.06. The Morgan fingerprint density at radius 1 is 1.16 bits per heavy atom. The first kappa shape index (κ1) is 13.0. The number of ether oxygens (including phenoxy) is 1. The van der Waals surface area contributed by atoms with Crippen molar-refractivity contribution in [3.8, 4) is 0 Å². The van der Waals surface area contributed by atoms with E-state index in [4.69, 9.17) is 16.3 Å². The Morgan fingerprint density at radius 3 is 2.53 bits per heavy atom. The maximum Gasteiger partial charge on any atom is 0.186 e. The van der Waals surface area contributed by atoms with Gasteiger partial charge in [0.25, 0.3) is 0 Å². The molecule has 0 aromatic heterocycles. The van der Waals surface area contributed by atoms with Gasteiger partial charge < -0.3 is 14.9 Å². The van der Waals surface area contributed by atoms with E-state index in [0.29, 0.717) is 16.2 Å². The third kappa shape index (κ3) is 2.06. The van der Waals surface area contributed by atoms with Gasteiger partial charge >= 0.3 is 0 Å². The topological polar surface area (TPSA) is 49.7 Å². The Bertz CT molecular complexity index is 518. The Morgan fingerprint density at radius 2 is 1.84 bits per heavy atom. The largest absolute Gasteiger partial charge is 0.509 e. The molecule has 2 N–H and O–H groups in total. The van der Waals surface area contributed by atoms with Gasteiger partial charge in [0.15, 0.2) is 6.29 Å². The molecule has 1 aromatic carbocycles. The molecule has 1 heterocycles. The molecule has 19 heavy (non-hydrogen) atoms. The summed E-state index contributed by atoms with van der Waals surface area (Å²) in [5.41, 5.74) is 0.371. The fraction of sp³-hybridized carbons (Fsp3) is 0.467. The van der Waals surface area contributed by atoms with E-state index >= 15 is 0 Å². The van der Waals surface area contributed by atoms with E-state index in [0.717, 1.165) is 32.1 Å². The lowest BCUT2D eigenvalue weighted by Crippen LogP contribution is -2.35. The summed E-state index contributed by atoms with van der Waals surface area (Å²) in [4.78, 5) is 0. The molecular weight excluding hydrogens is 264 g/mol. The fourth-order valence-corrected chi connectivity index (χ4v) is 3.35. The smallest absolute Gasteiger partial charge is 0.186 e. The highest BCUT2D eigenvalue weighted by Crippen LogP contribution is 2.47. The van der Waals surface area contributed by atoms with E-state index in [-0.39, 0.29) is 5.76 Å². The molecule has 3 rings (SSSR count). The zero-order chi connectivity index (χ0) is 13.5. The molecule has 1 aliphatic heterocycles. The predicted molar refractivity (Wildman–Crippen MR) is 73.9 cm³/mol. The summed E-state index contributed by atoms with van der Waals surface area (Å²) in [5, 5.41) is 21.2. The van der Waals surface area contributed by atoms with Crippen molar-refractivity contribution in [1.82, 2.24) is 0 Å². The minimum Gasteiger partial charge on any atom is -0.509 e. The van der Waals surface area contributed by atoms with Gasteiger partial charge in [-0.15, -0.1) is 0 Å². The second-order valence-electron chi connectivity index (χ2n) is 5.27. The van der Waals surface area contributed by atoms with Crippen molar-refractivity contribution in [2.45, 2.75) is 44.0 Å². The van der Waals surface area contributed by atoms with E-state index in [1.807, 2.05) is 12.1 Å². The molecule has 0 amide bonds. The minimum atomic E-state index is -1.10. The van der Waals surface area contributed by atoms with Gasteiger partial charge in [-0.05, 0) is 18.9 Å². The van der Waals surface area contributed by atoms with Gasteiger partial charge in [0.1, 0.15) is 11.4 Å². The van der Waals surface area contributed by atoms with Crippen molar-refractivity contribution in [2.24, 2.45) is 0 Å². The first-order chi connectivity index (χ1) is 9.14. The molecule has 2 aliphatic rings. The predicted octanol–water partition coefficient (Wildman–Crippen LogP) is 3.66. The van der Waals surface area contributed by atoms with Crippen molar-refractivity contribution in [1.29, 1.82) is 0 Å². The number of hydrogen-bond acceptors (Lipinski definition) is 3. The van der Waals surface area contributed by atoms with Crippen LogP contribution in [-0.4, -0.2) is 22.1 Å². The molecule has 0 saturated heterocycles. The summed E-state index contributed by atoms with van der Waals surface area (Å²) < 4.78 is 5.70. The molecule has 1 spiro atoms. The summed E-state index contributed by atoms with van der Waals surface area (Å²) >= 11 is 6.15. The normalized spacial score (nSPS) is 26.1. The van der Waals surface area contributed by atoms with Crippen LogP contribution in [0.25, 0.3) is 5.57 Å². The summed E-state index contributed by atoms with van der Waals surface area (Å²) in [6.07, 6.45) is 3.57. The van der Waals surface area contributed by atoms with Gasteiger partial charge in [0.2, 0.25) is 0 Å². The molecule has 1 aromatic rings. The summed E-state index contributed by atoms with van der Waals surface area (Å²) in [6.45, 7) is 0. The van der Waals surface area contributed by atoms with Gasteiger partial charge in [-0.3, -0.25) is 0 Å². The van der Waals surface area contributed by atoms with Crippen LogP contribution in [0.1, 0.15) is 37.7 Å². The SMILES string of the molecule is OC1=C(c2ccccc2Cl)C(O)OC12CCCCC2. The number of benzene rings is 1. The van der Waals surface area contributed by atoms with Crippen LogP contribution in [0.3, 0.4) is 0 Å². The monoisotopic (exact) mass is 280 g/mol. The van der Waals surface area contributed by atoms with E-state index in [1.165, 1.54) is 0 Å². The van der Waals surface area contributed by atoms with Crippen molar-refractivity contribution >= 4 is 17.2 Å². The van der Waals surface area contributed by atoms with Crippen LogP contribution in [-0.2, 0) is 4.74 Å². The first-order valence-corrected chi connectivity index (χ1v) is 7.06. The zero-order valence-electron chi connectivity index (χ0n) is 10.6. The second-order valence-corrected chi connectivity index (χ2v) is 5.67. The van der Waals surface area contributed by atoms with Crippen LogP contribution in [0, 0.1) is 0 Å². The molecule has 3 nitrogen and oxygen atoms in total. The zero-order valence-corrected chi connectivity index (χ0v) is 11.4. The third-order valence-corrected chi connectivity index (χ3v) is 4.43. The number of aliphatic hydroxyl groups excluding tert-OH is 2. The quantitative estimate of drug-likeness (QED) is 0.825. The summed E-state index contributed by atoms with van der Waals surface area (Å²) in [6, 6.07) is 7.19. The van der Waals surface area contributed by atoms with Crippen LogP contribution >= 0.6 is 11.6 Å². The number of halogens is 1. The van der Waals surface area contributed by atoms with Crippen LogP contribution in [0.5, 0.6) is 0 Å². The standard InChI is InChI=1S/C15H17ClO3/c16-11-7-3-2-6-10(11)12-13(17)15(19-14(12)18)8-4-1-5-9-15/h2-3,6-7,14,17-18H,1,4-5,8-9H2. The Labute approximate surface area is 117 Å². The van der Waals surface area contributed by atoms with Crippen LogP contribution in [0.4, 0.5) is 0 Å². The Hall–Kier alpha value is -1.03. The lowest BCUT2D eigenvalue weighted by Gasteiger charge is -2.32. The average Bonchev–Trinajstić information content (AvgIpc) is 2.63. The van der Waals surface area contributed by atoms with Crippen molar-refractivity contribution < 1.29 is 14.9 Å². The second kappa shape index (κ2) is 4.82. The van der Waals surface area contributed by atoms with Gasteiger partial charge in [-0.25, -0.2) is 0 Å². The molecular formula is C15H17ClO3. The number of aliphatic hydroxyl groups is 2. The highest BCUT2D eigenvalue weighted by molar-refractivity contribution is 6.32. The molecule has 0 radical (unpaired) electrons. The van der Waals surface area contributed by atoms with E-state index in [9.17, 15) is 10.2 Å². The molecule has 1 aliphatic carbocycles. The highest BCUT2D eigenvalue weighted by Gasteiger charge is 2.48. The minimum absolute atomic E-state index is 0.160. The summed E-state index contributed by atoms with van der Waals surface area (Å²) in [5.74, 6) is 0.160. The molecule has 1 fully saturated rings. The maximum absolute atomic E-state index is 10.5. The third-order valence-electron chi connectivity index (χ3n) is 4.10. The van der Waals surface area contributed by atoms with Gasteiger partial charge in [0, 0.05) is 10.6 Å². The molecule has 102 valence electrons. The van der Waals surface area contributed by atoms with Crippen molar-refractivity contribution in [3.63, 3.8) is 0 Å². The van der Waals surface area contributed by atoms with Gasteiger partial charge in [-0.2, -0.15) is 0 Å². The van der Waals surface area contributed by atoms with Crippen molar-refractivity contribution in [3.05, 3.63) is 40.6 Å². The molecule has 1 atom stereocenters. The van der Waals surface area contributed by atoms with E-state index in [2.05, 4.69) is 0 Å². The summed E-state index contributed by atoms with van der Waals surface area (Å²) in [7, 11) is 0. The van der Waals surface area contributed by atoms with E-state index < -0.39 is 11.9 Å². The number of hydrogen-bond donors (Lipinski definition) is 2. The number of rotatable bonds is 1. The molecule has 4 heteroatoms. The average molecular weight is 281 g/mol. The van der Waals surface area contributed by atoms with Crippen LogP contribution < -0.4 is 0 Å². The fourth-order valence-electron chi connectivity index (χ4n) is 3.11. The molecule has 1 saturated carbocycles. The van der Waals surface area contributed by atoms with Gasteiger partial charge in [0.05, 0.1) is 5.57 Å². The highest BCUT2D eigenvalue weighted by atomic mass is 35.5. The van der Waals surface area contributed by atoms with Crippen LogP contribution in [0.2, 0.25) is 5.02 Å². The first-order valence-electron chi connectivity index (χ1n) is 6.68. The maximum atomic E-state index is 10.5. The lowest BCUT2D eigenvalue weighted by molar-refractivity contribution is -0.143. The molecule has 1 unspecified atom stereocenters. The van der Waals surface area contributed by atoms with E-state index in [1.54, 1.807) is 12.1 Å².